The Kier molecular flexibility index (Phi) is 3.19. The van der Waals surface area contributed by atoms with E-state index in [-0.39, 0.29) is 29.5 Å². The molecule has 0 spiro atoms. The van der Waals surface area contributed by atoms with Crippen molar-refractivity contribution in [3.05, 3.63) is 18.5 Å². The molecule has 1 aliphatic rings. The zero-order chi connectivity index (χ0) is 13.4. The molecule has 5 heteroatoms. The Morgan fingerprint density at radius 2 is 2.28 bits per heavy atom. The zero-order valence-corrected chi connectivity index (χ0v) is 11.4. The van der Waals surface area contributed by atoms with Crippen LogP contribution in [0.1, 0.15) is 27.2 Å². The van der Waals surface area contributed by atoms with Gasteiger partial charge in [0.25, 0.3) is 0 Å². The van der Waals surface area contributed by atoms with E-state index in [2.05, 4.69) is 31.2 Å². The lowest BCUT2D eigenvalue weighted by Gasteiger charge is -2.59. The van der Waals surface area contributed by atoms with Gasteiger partial charge in [0, 0.05) is 31.0 Å². The Hall–Kier alpha value is -1.36. The largest absolute Gasteiger partial charge is 0.378 e. The molecular formula is C13H21N3O2. The molecule has 1 amide bonds. The van der Waals surface area contributed by atoms with Gasteiger partial charge in [-0.2, -0.15) is 5.10 Å². The number of nitrogens with one attached hydrogen (secondary N) is 1. The molecule has 18 heavy (non-hydrogen) atoms. The van der Waals surface area contributed by atoms with Crippen molar-refractivity contribution < 1.29 is 9.53 Å². The molecule has 0 saturated heterocycles. The number of hydrogen-bond donors (Lipinski definition) is 1. The lowest BCUT2D eigenvalue weighted by Crippen LogP contribution is -2.68. The predicted octanol–water partition coefficient (Wildman–Crippen LogP) is 1.20. The fraction of sp³-hybridized carbons (Fsp3) is 0.692. The van der Waals surface area contributed by atoms with E-state index in [0.29, 0.717) is 0 Å². The van der Waals surface area contributed by atoms with E-state index in [1.54, 1.807) is 24.2 Å². The fourth-order valence-electron chi connectivity index (χ4n) is 2.50. The van der Waals surface area contributed by atoms with Crippen LogP contribution in [0.25, 0.3) is 0 Å². The van der Waals surface area contributed by atoms with E-state index < -0.39 is 0 Å². The highest BCUT2D eigenvalue weighted by atomic mass is 16.5. The summed E-state index contributed by atoms with van der Waals surface area (Å²) in [6.45, 7) is 6.60. The van der Waals surface area contributed by atoms with Crippen LogP contribution >= 0.6 is 0 Å². The summed E-state index contributed by atoms with van der Waals surface area (Å²) in [6.07, 6.45) is 4.30. The van der Waals surface area contributed by atoms with Gasteiger partial charge in [-0.15, -0.1) is 0 Å². The van der Waals surface area contributed by atoms with Crippen LogP contribution in [0.2, 0.25) is 0 Å². The van der Waals surface area contributed by atoms with Crippen LogP contribution in [0.4, 0.5) is 0 Å². The number of carbonyl (C=O) groups excluding carboxylic acids is 1. The van der Waals surface area contributed by atoms with E-state index in [9.17, 15) is 4.79 Å². The number of carbonyl (C=O) groups is 1. The third kappa shape index (κ3) is 2.03. The predicted molar refractivity (Wildman–Crippen MR) is 68.0 cm³/mol. The number of methoxy groups -OCH3 is 1. The normalized spacial score (nSPS) is 29.7. The molecule has 0 unspecified atom stereocenters. The molecule has 1 heterocycles. The van der Waals surface area contributed by atoms with E-state index in [1.807, 2.05) is 6.07 Å². The molecular weight excluding hydrogens is 230 g/mol. The molecule has 0 aliphatic heterocycles. The van der Waals surface area contributed by atoms with Crippen molar-refractivity contribution in [2.75, 3.05) is 7.11 Å². The average Bonchev–Trinajstić information content (AvgIpc) is 2.80. The maximum atomic E-state index is 11.9. The maximum absolute atomic E-state index is 11.9. The van der Waals surface area contributed by atoms with Crippen LogP contribution in [0.5, 0.6) is 0 Å². The van der Waals surface area contributed by atoms with E-state index in [4.69, 9.17) is 4.74 Å². The standard InChI is InChI=1S/C13H21N3O2/c1-12(2)10(8-13(12,3)18-4)15-11(17)9-16-7-5-6-14-16/h5-7,10H,8-9H2,1-4H3,(H,15,17)/t10-,13-/m1/s1. The first kappa shape index (κ1) is 13.1. The molecule has 0 radical (unpaired) electrons. The fourth-order valence-corrected chi connectivity index (χ4v) is 2.50. The molecule has 1 N–H and O–H groups in total. The summed E-state index contributed by atoms with van der Waals surface area (Å²) in [4.78, 5) is 11.9. The minimum Gasteiger partial charge on any atom is -0.378 e. The highest BCUT2D eigenvalue weighted by Gasteiger charge is 2.58. The Labute approximate surface area is 108 Å². The molecule has 2 atom stereocenters. The molecule has 1 saturated carbocycles. The van der Waals surface area contributed by atoms with E-state index in [0.717, 1.165) is 6.42 Å². The van der Waals surface area contributed by atoms with Gasteiger partial charge in [-0.25, -0.2) is 0 Å². The summed E-state index contributed by atoms with van der Waals surface area (Å²) < 4.78 is 7.16. The number of ether oxygens (including phenoxy) is 1. The van der Waals surface area contributed by atoms with Crippen molar-refractivity contribution in [3.63, 3.8) is 0 Å². The first-order valence-corrected chi connectivity index (χ1v) is 6.21. The van der Waals surface area contributed by atoms with Gasteiger partial charge in [-0.05, 0) is 19.4 Å². The number of hydrogen-bond acceptors (Lipinski definition) is 3. The van der Waals surface area contributed by atoms with Crippen LogP contribution in [-0.2, 0) is 16.1 Å². The van der Waals surface area contributed by atoms with E-state index >= 15 is 0 Å². The Balaban J connectivity index is 1.90. The van der Waals surface area contributed by atoms with Crippen molar-refractivity contribution in [3.8, 4) is 0 Å². The van der Waals surface area contributed by atoms with Crippen molar-refractivity contribution >= 4 is 5.91 Å². The van der Waals surface area contributed by atoms with Gasteiger partial charge in [0.05, 0.1) is 5.60 Å². The minimum atomic E-state index is -0.156. The summed E-state index contributed by atoms with van der Waals surface area (Å²) in [5.41, 5.74) is -0.210. The van der Waals surface area contributed by atoms with Crippen molar-refractivity contribution in [1.82, 2.24) is 15.1 Å². The zero-order valence-electron chi connectivity index (χ0n) is 11.4. The van der Waals surface area contributed by atoms with Gasteiger partial charge >= 0.3 is 0 Å². The second-order valence-corrected chi connectivity index (χ2v) is 5.68. The van der Waals surface area contributed by atoms with Gasteiger partial charge < -0.3 is 10.1 Å². The smallest absolute Gasteiger partial charge is 0.241 e. The van der Waals surface area contributed by atoms with E-state index in [1.165, 1.54) is 0 Å². The SMILES string of the molecule is CO[C@]1(C)C[C@@H](NC(=O)Cn2cccn2)C1(C)C. The monoisotopic (exact) mass is 251 g/mol. The molecule has 2 rings (SSSR count). The Bertz CT molecular complexity index is 427. The topological polar surface area (TPSA) is 56.1 Å². The number of amides is 1. The highest BCUT2D eigenvalue weighted by Crippen LogP contribution is 2.51. The first-order chi connectivity index (χ1) is 8.39. The summed E-state index contributed by atoms with van der Waals surface area (Å²) in [5, 5.41) is 7.07. The van der Waals surface area contributed by atoms with Gasteiger partial charge in [0.2, 0.25) is 5.91 Å². The van der Waals surface area contributed by atoms with Gasteiger partial charge in [-0.3, -0.25) is 9.48 Å². The average molecular weight is 251 g/mol. The van der Waals surface area contributed by atoms with Crippen molar-refractivity contribution in [2.24, 2.45) is 5.41 Å². The molecule has 1 fully saturated rings. The summed E-state index contributed by atoms with van der Waals surface area (Å²) in [7, 11) is 1.73. The summed E-state index contributed by atoms with van der Waals surface area (Å²) >= 11 is 0. The van der Waals surface area contributed by atoms with Gasteiger partial charge in [0.15, 0.2) is 0 Å². The van der Waals surface area contributed by atoms with Gasteiger partial charge in [0.1, 0.15) is 6.54 Å². The van der Waals surface area contributed by atoms with Crippen molar-refractivity contribution in [2.45, 2.75) is 45.4 Å². The number of rotatable bonds is 4. The second kappa shape index (κ2) is 4.39. The molecule has 5 nitrogen and oxygen atoms in total. The van der Waals surface area contributed by atoms with Crippen LogP contribution in [-0.4, -0.2) is 34.4 Å². The number of nitrogens with zero attached hydrogens (tertiary/aromatic N) is 2. The lowest BCUT2D eigenvalue weighted by molar-refractivity contribution is -0.182. The number of aromatic nitrogens is 2. The molecule has 1 aromatic rings. The molecule has 1 aromatic heterocycles. The maximum Gasteiger partial charge on any atom is 0.241 e. The third-order valence-electron chi connectivity index (χ3n) is 4.48. The lowest BCUT2D eigenvalue weighted by atomic mass is 9.56. The first-order valence-electron chi connectivity index (χ1n) is 6.21. The highest BCUT2D eigenvalue weighted by molar-refractivity contribution is 5.76. The summed E-state index contributed by atoms with van der Waals surface area (Å²) in [5.74, 6) is -0.00470. The quantitative estimate of drug-likeness (QED) is 0.875. The molecule has 1 aliphatic carbocycles. The van der Waals surface area contributed by atoms with Gasteiger partial charge in [-0.1, -0.05) is 13.8 Å². The summed E-state index contributed by atoms with van der Waals surface area (Å²) in [6, 6.07) is 1.97. The third-order valence-corrected chi connectivity index (χ3v) is 4.48. The van der Waals surface area contributed by atoms with Crippen LogP contribution < -0.4 is 5.32 Å². The molecule has 0 aromatic carbocycles. The van der Waals surface area contributed by atoms with Crippen molar-refractivity contribution in [1.29, 1.82) is 0 Å². The Morgan fingerprint density at radius 3 is 2.78 bits per heavy atom. The van der Waals surface area contributed by atoms with Crippen LogP contribution in [0, 0.1) is 5.41 Å². The Morgan fingerprint density at radius 1 is 1.56 bits per heavy atom. The second-order valence-electron chi connectivity index (χ2n) is 5.68. The van der Waals surface area contributed by atoms with Crippen LogP contribution in [0.3, 0.4) is 0 Å². The molecule has 0 bridgehead atoms. The minimum absolute atomic E-state index is 0.00470. The molecule has 100 valence electrons. The van der Waals surface area contributed by atoms with Crippen LogP contribution in [0.15, 0.2) is 18.5 Å².